The van der Waals surface area contributed by atoms with Crippen LogP contribution in [0.4, 0.5) is 5.69 Å². The van der Waals surface area contributed by atoms with E-state index >= 15 is 0 Å². The minimum Gasteiger partial charge on any atom is -0.543 e. The smallest absolute Gasteiger partial charge is 0.256 e. The van der Waals surface area contributed by atoms with Gasteiger partial charge in [-0.3, -0.25) is 9.69 Å². The van der Waals surface area contributed by atoms with Crippen molar-refractivity contribution in [3.63, 3.8) is 0 Å². The summed E-state index contributed by atoms with van der Waals surface area (Å²) < 4.78 is 12.1. The summed E-state index contributed by atoms with van der Waals surface area (Å²) >= 11 is 0. The Hall–Kier alpha value is -2.53. The average Bonchev–Trinajstić information content (AvgIpc) is 2.67. The number of nitrogens with zero attached hydrogens (tertiary/aromatic N) is 1. The van der Waals surface area contributed by atoms with Gasteiger partial charge in [0, 0.05) is 17.3 Å². The summed E-state index contributed by atoms with van der Waals surface area (Å²) in [6.45, 7) is 19.3. The summed E-state index contributed by atoms with van der Waals surface area (Å²) in [5, 5.41) is 0.107. The van der Waals surface area contributed by atoms with Crippen LogP contribution in [0.3, 0.4) is 0 Å². The van der Waals surface area contributed by atoms with Crippen LogP contribution in [-0.4, -0.2) is 21.3 Å². The topological polar surface area (TPSA) is 38.8 Å². The van der Waals surface area contributed by atoms with Crippen LogP contribution in [0.25, 0.3) is 0 Å². The maximum atomic E-state index is 12.7. The molecule has 1 atom stereocenters. The predicted molar refractivity (Wildman–Crippen MR) is 126 cm³/mol. The van der Waals surface area contributed by atoms with Gasteiger partial charge in [-0.2, -0.15) is 0 Å². The number of β-lactam (4-membered cyclic amide) rings is 1. The Morgan fingerprint density at radius 1 is 1.00 bits per heavy atom. The molecule has 4 nitrogen and oxygen atoms in total. The van der Waals surface area contributed by atoms with Crippen LogP contribution in [0.15, 0.2) is 48.6 Å². The first-order chi connectivity index (χ1) is 13.9. The number of carbonyl (C=O) groups is 1. The third kappa shape index (κ3) is 3.78. The van der Waals surface area contributed by atoms with Gasteiger partial charge in [0.25, 0.3) is 5.91 Å². The summed E-state index contributed by atoms with van der Waals surface area (Å²) in [5.41, 5.74) is 4.55. The molecule has 0 unspecified atom stereocenters. The lowest BCUT2D eigenvalue weighted by atomic mass is 9.88. The molecule has 1 fully saturated rings. The van der Waals surface area contributed by atoms with Gasteiger partial charge in [0.1, 0.15) is 11.5 Å². The Balaban J connectivity index is 1.98. The first-order valence-electron chi connectivity index (χ1n) is 10.3. The number of hydrogen-bond acceptors (Lipinski definition) is 3. The molecule has 0 radical (unpaired) electrons. The third-order valence-electron chi connectivity index (χ3n) is 6.45. The van der Waals surface area contributed by atoms with E-state index in [0.717, 1.165) is 33.9 Å². The molecule has 0 aliphatic carbocycles. The second kappa shape index (κ2) is 7.62. The van der Waals surface area contributed by atoms with Crippen molar-refractivity contribution in [1.82, 2.24) is 0 Å². The van der Waals surface area contributed by atoms with Gasteiger partial charge in [0.15, 0.2) is 0 Å². The molecule has 1 amide bonds. The second-order valence-corrected chi connectivity index (χ2v) is 14.4. The monoisotopic (exact) mass is 423 g/mol. The summed E-state index contributed by atoms with van der Waals surface area (Å²) in [6, 6.07) is 11.9. The van der Waals surface area contributed by atoms with Crippen molar-refractivity contribution in [2.45, 2.75) is 58.8 Å². The van der Waals surface area contributed by atoms with E-state index in [2.05, 4.69) is 65.6 Å². The summed E-state index contributed by atoms with van der Waals surface area (Å²) in [6.07, 6.45) is 0. The Kier molecular flexibility index (Phi) is 5.63. The van der Waals surface area contributed by atoms with Crippen LogP contribution in [-0.2, 0) is 4.79 Å². The standard InChI is InChI=1S/C25H33NO3Si/c1-16-11-13-20(15-21(16)28-7)26-23(18(3)24(26)27)19-12-10-17(2)22(14-19)29-30(8,9)25(4,5)6/h10-15,23H,3H2,1-2,4-9H3/t23-/m1/s1. The molecule has 0 saturated carbocycles. The van der Waals surface area contributed by atoms with Crippen LogP contribution < -0.4 is 14.1 Å². The lowest BCUT2D eigenvalue weighted by Crippen LogP contribution is -2.49. The number of ether oxygens (including phenoxy) is 1. The van der Waals surface area contributed by atoms with Crippen molar-refractivity contribution >= 4 is 19.9 Å². The SMILES string of the molecule is C=C1C(=O)N(c2ccc(C)c(OC)c2)[C@H]1c1ccc(C)c(O[Si](C)(C)C(C)(C)C)c1. The number of aryl methyl sites for hydroxylation is 2. The molecule has 160 valence electrons. The molecular weight excluding hydrogens is 390 g/mol. The van der Waals surface area contributed by atoms with Crippen molar-refractivity contribution in [1.29, 1.82) is 0 Å². The summed E-state index contributed by atoms with van der Waals surface area (Å²) in [5.74, 6) is 1.61. The first kappa shape index (κ1) is 22.2. The first-order valence-corrected chi connectivity index (χ1v) is 13.2. The zero-order valence-corrected chi connectivity index (χ0v) is 20.4. The number of anilines is 1. The van der Waals surface area contributed by atoms with Crippen molar-refractivity contribution in [2.24, 2.45) is 0 Å². The van der Waals surface area contributed by atoms with Crippen LogP contribution in [0, 0.1) is 13.8 Å². The minimum atomic E-state index is -1.98. The van der Waals surface area contributed by atoms with E-state index in [9.17, 15) is 4.79 Å². The van der Waals surface area contributed by atoms with E-state index in [0.29, 0.717) is 5.57 Å². The molecule has 1 aliphatic rings. The number of hydrogen-bond donors (Lipinski definition) is 0. The Morgan fingerprint density at radius 3 is 2.20 bits per heavy atom. The number of carbonyl (C=O) groups excluding carboxylic acids is 1. The largest absolute Gasteiger partial charge is 0.543 e. The number of rotatable bonds is 5. The second-order valence-electron chi connectivity index (χ2n) is 9.64. The van der Waals surface area contributed by atoms with Crippen molar-refractivity contribution in [3.05, 3.63) is 65.2 Å². The van der Waals surface area contributed by atoms with Crippen LogP contribution in [0.5, 0.6) is 11.5 Å². The number of amides is 1. The van der Waals surface area contributed by atoms with E-state index in [-0.39, 0.29) is 17.0 Å². The van der Waals surface area contributed by atoms with Gasteiger partial charge in [0.2, 0.25) is 8.32 Å². The van der Waals surface area contributed by atoms with Gasteiger partial charge in [-0.15, -0.1) is 0 Å². The molecule has 0 bridgehead atoms. The highest BCUT2D eigenvalue weighted by molar-refractivity contribution is 6.74. The fourth-order valence-electron chi connectivity index (χ4n) is 3.38. The highest BCUT2D eigenvalue weighted by atomic mass is 28.4. The van der Waals surface area contributed by atoms with E-state index in [4.69, 9.17) is 9.16 Å². The molecule has 5 heteroatoms. The molecule has 1 heterocycles. The zero-order chi connectivity index (χ0) is 22.4. The number of methoxy groups -OCH3 is 1. The molecule has 3 rings (SSSR count). The van der Waals surface area contributed by atoms with Crippen LogP contribution in [0.1, 0.15) is 43.5 Å². The Morgan fingerprint density at radius 2 is 1.60 bits per heavy atom. The molecule has 1 aliphatic heterocycles. The van der Waals surface area contributed by atoms with Crippen LogP contribution >= 0.6 is 0 Å². The quantitative estimate of drug-likeness (QED) is 0.320. The lowest BCUT2D eigenvalue weighted by Gasteiger charge is -2.43. The van der Waals surface area contributed by atoms with E-state index in [1.54, 1.807) is 12.0 Å². The van der Waals surface area contributed by atoms with Crippen molar-refractivity contribution < 1.29 is 14.0 Å². The maximum absolute atomic E-state index is 12.7. The zero-order valence-electron chi connectivity index (χ0n) is 19.4. The highest BCUT2D eigenvalue weighted by Crippen LogP contribution is 2.45. The summed E-state index contributed by atoms with van der Waals surface area (Å²) in [7, 11) is -0.333. The fourth-order valence-corrected chi connectivity index (χ4v) is 4.45. The maximum Gasteiger partial charge on any atom is 0.256 e. The Labute approximate surface area is 181 Å². The highest BCUT2D eigenvalue weighted by Gasteiger charge is 2.43. The molecule has 0 N–H and O–H groups in total. The van der Waals surface area contributed by atoms with Crippen molar-refractivity contribution in [3.8, 4) is 11.5 Å². The van der Waals surface area contributed by atoms with E-state index in [1.807, 2.05) is 25.1 Å². The van der Waals surface area contributed by atoms with E-state index in [1.165, 1.54) is 0 Å². The van der Waals surface area contributed by atoms with Crippen LogP contribution in [0.2, 0.25) is 18.1 Å². The minimum absolute atomic E-state index is 0.0571. The lowest BCUT2D eigenvalue weighted by molar-refractivity contribution is -0.118. The van der Waals surface area contributed by atoms with Crippen molar-refractivity contribution in [2.75, 3.05) is 12.0 Å². The number of benzene rings is 2. The van der Waals surface area contributed by atoms with Gasteiger partial charge in [-0.05, 0) is 60.8 Å². The molecule has 2 aromatic rings. The van der Waals surface area contributed by atoms with Gasteiger partial charge in [0.05, 0.1) is 13.2 Å². The van der Waals surface area contributed by atoms with Gasteiger partial charge in [-0.25, -0.2) is 0 Å². The average molecular weight is 424 g/mol. The molecule has 30 heavy (non-hydrogen) atoms. The summed E-state index contributed by atoms with van der Waals surface area (Å²) in [4.78, 5) is 14.5. The van der Waals surface area contributed by atoms with Gasteiger partial charge < -0.3 is 9.16 Å². The molecule has 0 spiro atoms. The molecule has 0 aromatic heterocycles. The molecule has 1 saturated heterocycles. The molecule has 2 aromatic carbocycles. The predicted octanol–water partition coefficient (Wildman–Crippen LogP) is 6.34. The third-order valence-corrected chi connectivity index (χ3v) is 10.8. The molecular formula is C25H33NO3Si. The normalized spacial score (nSPS) is 17.1. The Bertz CT molecular complexity index is 1000. The van der Waals surface area contributed by atoms with Gasteiger partial charge in [-0.1, -0.05) is 45.5 Å². The fraction of sp³-hybridized carbons (Fsp3) is 0.400. The van der Waals surface area contributed by atoms with Gasteiger partial charge >= 0.3 is 0 Å². The van der Waals surface area contributed by atoms with E-state index < -0.39 is 8.32 Å².